The van der Waals surface area contributed by atoms with Crippen molar-refractivity contribution in [1.29, 1.82) is 0 Å². The normalized spacial score (nSPS) is 10.9. The zero-order valence-corrected chi connectivity index (χ0v) is 14.2. The lowest BCUT2D eigenvalue weighted by molar-refractivity contribution is -0.138. The van der Waals surface area contributed by atoms with Crippen molar-refractivity contribution in [2.24, 2.45) is 7.05 Å². The van der Waals surface area contributed by atoms with E-state index in [0.29, 0.717) is 18.0 Å². The van der Waals surface area contributed by atoms with Gasteiger partial charge in [-0.05, 0) is 30.3 Å². The van der Waals surface area contributed by atoms with E-state index in [4.69, 9.17) is 4.74 Å². The highest BCUT2D eigenvalue weighted by Gasteiger charge is 2.12. The standard InChI is InChI=1S/C17H19N3O5/c1-20-13(8-9-18-20)11-25-14-6-4-12(5-7-14)19-15(17(22)24-3)10-16(21)23-2/h4-10,19H,11H2,1-3H3/b15-10+. The summed E-state index contributed by atoms with van der Waals surface area (Å²) in [5.41, 5.74) is 1.50. The SMILES string of the molecule is COC(=O)/C=C(/Nc1ccc(OCc2ccnn2C)cc1)C(=O)OC. The van der Waals surface area contributed by atoms with Crippen LogP contribution in [0.4, 0.5) is 5.69 Å². The third-order valence-electron chi connectivity index (χ3n) is 3.31. The Hall–Kier alpha value is -3.29. The number of nitrogens with zero attached hydrogens (tertiary/aromatic N) is 2. The number of rotatable bonds is 7. The Morgan fingerprint density at radius 2 is 1.88 bits per heavy atom. The largest absolute Gasteiger partial charge is 0.487 e. The van der Waals surface area contributed by atoms with Crippen molar-refractivity contribution in [2.75, 3.05) is 19.5 Å². The molecule has 0 aliphatic carbocycles. The summed E-state index contributed by atoms with van der Waals surface area (Å²) in [4.78, 5) is 23.0. The van der Waals surface area contributed by atoms with Crippen molar-refractivity contribution in [3.05, 3.63) is 54.0 Å². The first-order valence-electron chi connectivity index (χ1n) is 7.38. The summed E-state index contributed by atoms with van der Waals surface area (Å²) in [5, 5.41) is 6.89. The highest BCUT2D eigenvalue weighted by molar-refractivity contribution is 5.98. The zero-order chi connectivity index (χ0) is 18.2. The molecule has 8 nitrogen and oxygen atoms in total. The fourth-order valence-corrected chi connectivity index (χ4v) is 1.92. The first-order valence-corrected chi connectivity index (χ1v) is 7.38. The number of methoxy groups -OCH3 is 2. The number of hydrogen-bond donors (Lipinski definition) is 1. The quantitative estimate of drug-likeness (QED) is 0.602. The number of aromatic nitrogens is 2. The van der Waals surface area contributed by atoms with Gasteiger partial charge in [0.15, 0.2) is 0 Å². The molecule has 2 rings (SSSR count). The predicted octanol–water partition coefficient (Wildman–Crippen LogP) is 1.64. The maximum Gasteiger partial charge on any atom is 0.354 e. The van der Waals surface area contributed by atoms with E-state index in [0.717, 1.165) is 11.8 Å². The minimum atomic E-state index is -0.679. The van der Waals surface area contributed by atoms with Crippen LogP contribution in [-0.2, 0) is 32.7 Å². The fourth-order valence-electron chi connectivity index (χ4n) is 1.92. The van der Waals surface area contributed by atoms with Crippen LogP contribution in [0.2, 0.25) is 0 Å². The molecule has 1 aromatic carbocycles. The van der Waals surface area contributed by atoms with Gasteiger partial charge in [0, 0.05) is 18.9 Å². The highest BCUT2D eigenvalue weighted by Crippen LogP contribution is 2.18. The Morgan fingerprint density at radius 1 is 1.16 bits per heavy atom. The molecule has 0 amide bonds. The number of aryl methyl sites for hydroxylation is 1. The van der Waals surface area contributed by atoms with E-state index in [-0.39, 0.29) is 5.70 Å². The summed E-state index contributed by atoms with van der Waals surface area (Å²) in [6, 6.07) is 8.78. The minimum Gasteiger partial charge on any atom is -0.487 e. The Labute approximate surface area is 145 Å². The molecule has 0 atom stereocenters. The molecule has 0 aliphatic rings. The Bertz CT molecular complexity index is 765. The van der Waals surface area contributed by atoms with Crippen molar-refractivity contribution in [1.82, 2.24) is 9.78 Å². The third-order valence-corrected chi connectivity index (χ3v) is 3.31. The number of anilines is 1. The number of nitrogens with one attached hydrogen (secondary N) is 1. The van der Waals surface area contributed by atoms with Crippen molar-refractivity contribution < 1.29 is 23.8 Å². The van der Waals surface area contributed by atoms with Crippen molar-refractivity contribution in [2.45, 2.75) is 6.61 Å². The average Bonchev–Trinajstić information content (AvgIpc) is 3.04. The zero-order valence-electron chi connectivity index (χ0n) is 14.2. The molecular formula is C17H19N3O5. The number of hydrogen-bond acceptors (Lipinski definition) is 7. The van der Waals surface area contributed by atoms with E-state index in [1.807, 2.05) is 13.1 Å². The summed E-state index contributed by atoms with van der Waals surface area (Å²) in [5.74, 6) is -0.686. The van der Waals surface area contributed by atoms with E-state index in [9.17, 15) is 9.59 Å². The van der Waals surface area contributed by atoms with Gasteiger partial charge in [0.1, 0.15) is 18.1 Å². The highest BCUT2D eigenvalue weighted by atomic mass is 16.5. The number of ether oxygens (including phenoxy) is 3. The lowest BCUT2D eigenvalue weighted by Gasteiger charge is -2.10. The van der Waals surface area contributed by atoms with Crippen LogP contribution in [0.5, 0.6) is 5.75 Å². The van der Waals surface area contributed by atoms with E-state index in [1.54, 1.807) is 35.1 Å². The molecule has 0 radical (unpaired) electrons. The molecule has 1 heterocycles. The molecule has 1 N–H and O–H groups in total. The molecule has 8 heteroatoms. The Morgan fingerprint density at radius 3 is 2.44 bits per heavy atom. The molecule has 0 saturated carbocycles. The van der Waals surface area contributed by atoms with Gasteiger partial charge in [0.2, 0.25) is 0 Å². The third kappa shape index (κ3) is 5.10. The second-order valence-corrected chi connectivity index (χ2v) is 4.96. The van der Waals surface area contributed by atoms with Crippen LogP contribution in [0.15, 0.2) is 48.3 Å². The molecule has 1 aromatic heterocycles. The average molecular weight is 345 g/mol. The predicted molar refractivity (Wildman–Crippen MR) is 89.7 cm³/mol. The van der Waals surface area contributed by atoms with E-state index in [1.165, 1.54) is 14.2 Å². The monoisotopic (exact) mass is 345 g/mol. The van der Waals surface area contributed by atoms with Crippen LogP contribution in [0.1, 0.15) is 5.69 Å². The maximum absolute atomic E-state index is 11.7. The van der Waals surface area contributed by atoms with Gasteiger partial charge in [-0.1, -0.05) is 0 Å². The van der Waals surface area contributed by atoms with Gasteiger partial charge >= 0.3 is 11.9 Å². The lowest BCUT2D eigenvalue weighted by atomic mass is 10.2. The van der Waals surface area contributed by atoms with Gasteiger partial charge in [-0.25, -0.2) is 9.59 Å². The number of benzene rings is 1. The Balaban J connectivity index is 2.02. The summed E-state index contributed by atoms with van der Waals surface area (Å²) in [6.07, 6.45) is 2.73. The minimum absolute atomic E-state index is 0.0297. The number of carbonyl (C=O) groups is 2. The Kier molecular flexibility index (Phi) is 6.16. The van der Waals surface area contributed by atoms with E-state index >= 15 is 0 Å². The lowest BCUT2D eigenvalue weighted by Crippen LogP contribution is -2.15. The smallest absolute Gasteiger partial charge is 0.354 e. The van der Waals surface area contributed by atoms with Crippen molar-refractivity contribution in [3.63, 3.8) is 0 Å². The maximum atomic E-state index is 11.7. The van der Waals surface area contributed by atoms with E-state index < -0.39 is 11.9 Å². The molecule has 132 valence electrons. The van der Waals surface area contributed by atoms with Gasteiger partial charge in [-0.15, -0.1) is 0 Å². The summed E-state index contributed by atoms with van der Waals surface area (Å²) in [7, 11) is 4.29. The molecule has 0 bridgehead atoms. The van der Waals surface area contributed by atoms with Crippen molar-refractivity contribution in [3.8, 4) is 5.75 Å². The van der Waals surface area contributed by atoms with Crippen LogP contribution in [0.3, 0.4) is 0 Å². The molecule has 0 spiro atoms. The summed E-state index contributed by atoms with van der Waals surface area (Å²) < 4.78 is 16.6. The molecule has 25 heavy (non-hydrogen) atoms. The molecular weight excluding hydrogens is 326 g/mol. The fraction of sp³-hybridized carbons (Fsp3) is 0.235. The van der Waals surface area contributed by atoms with Gasteiger partial charge in [0.05, 0.1) is 26.0 Å². The van der Waals surface area contributed by atoms with Crippen LogP contribution in [0, 0.1) is 0 Å². The first kappa shape index (κ1) is 18.1. The molecule has 0 fully saturated rings. The molecule has 0 unspecified atom stereocenters. The van der Waals surface area contributed by atoms with Crippen LogP contribution < -0.4 is 10.1 Å². The van der Waals surface area contributed by atoms with Gasteiger partial charge in [-0.3, -0.25) is 4.68 Å². The van der Waals surface area contributed by atoms with Crippen LogP contribution in [-0.4, -0.2) is 35.9 Å². The van der Waals surface area contributed by atoms with Gasteiger partial charge < -0.3 is 19.5 Å². The van der Waals surface area contributed by atoms with Crippen LogP contribution in [0.25, 0.3) is 0 Å². The summed E-state index contributed by atoms with van der Waals surface area (Å²) in [6.45, 7) is 0.388. The van der Waals surface area contributed by atoms with Gasteiger partial charge in [0.25, 0.3) is 0 Å². The molecule has 0 saturated heterocycles. The second kappa shape index (κ2) is 8.53. The topological polar surface area (TPSA) is 91.7 Å². The summed E-state index contributed by atoms with van der Waals surface area (Å²) >= 11 is 0. The first-order chi connectivity index (χ1) is 12.0. The van der Waals surface area contributed by atoms with Gasteiger partial charge in [-0.2, -0.15) is 5.10 Å². The van der Waals surface area contributed by atoms with Crippen LogP contribution >= 0.6 is 0 Å². The molecule has 2 aromatic rings. The second-order valence-electron chi connectivity index (χ2n) is 4.96. The number of esters is 2. The van der Waals surface area contributed by atoms with E-state index in [2.05, 4.69) is 19.9 Å². The van der Waals surface area contributed by atoms with Crippen molar-refractivity contribution >= 4 is 17.6 Å². The molecule has 0 aliphatic heterocycles. The number of carbonyl (C=O) groups excluding carboxylic acids is 2.